The molecule has 4 rings (SSSR count). The maximum atomic E-state index is 12.6. The van der Waals surface area contributed by atoms with Gasteiger partial charge in [0.15, 0.2) is 0 Å². The van der Waals surface area contributed by atoms with Crippen molar-refractivity contribution < 1.29 is 4.79 Å². The van der Waals surface area contributed by atoms with Crippen molar-refractivity contribution in [2.45, 2.75) is 13.1 Å². The van der Waals surface area contributed by atoms with Gasteiger partial charge in [0, 0.05) is 42.6 Å². The summed E-state index contributed by atoms with van der Waals surface area (Å²) in [6.45, 7) is 1.39. The van der Waals surface area contributed by atoms with E-state index in [4.69, 9.17) is 0 Å². The maximum absolute atomic E-state index is 12.6. The van der Waals surface area contributed by atoms with Gasteiger partial charge in [-0.2, -0.15) is 5.10 Å². The van der Waals surface area contributed by atoms with Crippen LogP contribution in [0.5, 0.6) is 0 Å². The zero-order chi connectivity index (χ0) is 18.5. The molecule has 6 heteroatoms. The predicted molar refractivity (Wildman–Crippen MR) is 103 cm³/mol. The second-order valence-corrected chi connectivity index (χ2v) is 6.29. The molecule has 2 aromatic heterocycles. The van der Waals surface area contributed by atoms with Gasteiger partial charge in [0.2, 0.25) is 0 Å². The van der Waals surface area contributed by atoms with Crippen LogP contribution in [-0.4, -0.2) is 25.2 Å². The molecule has 2 aromatic carbocycles. The van der Waals surface area contributed by atoms with Gasteiger partial charge in [0.1, 0.15) is 0 Å². The average Bonchev–Trinajstić information content (AvgIpc) is 3.38. The molecule has 6 nitrogen and oxygen atoms in total. The number of imidazole rings is 1. The molecule has 0 radical (unpaired) electrons. The Morgan fingerprint density at radius 2 is 1.81 bits per heavy atom. The van der Waals surface area contributed by atoms with Crippen molar-refractivity contribution in [2.24, 2.45) is 0 Å². The lowest BCUT2D eigenvalue weighted by molar-refractivity contribution is 0.102. The zero-order valence-electron chi connectivity index (χ0n) is 14.7. The Morgan fingerprint density at radius 3 is 2.56 bits per heavy atom. The van der Waals surface area contributed by atoms with Crippen molar-refractivity contribution in [3.63, 3.8) is 0 Å². The summed E-state index contributed by atoms with van der Waals surface area (Å²) < 4.78 is 3.83. The molecule has 1 amide bonds. The van der Waals surface area contributed by atoms with Crippen LogP contribution in [0.4, 0.5) is 5.69 Å². The van der Waals surface area contributed by atoms with E-state index in [1.807, 2.05) is 76.2 Å². The van der Waals surface area contributed by atoms with Crippen molar-refractivity contribution in [1.29, 1.82) is 0 Å². The molecule has 0 aliphatic rings. The fourth-order valence-corrected chi connectivity index (χ4v) is 2.88. The van der Waals surface area contributed by atoms with Crippen LogP contribution < -0.4 is 5.32 Å². The third kappa shape index (κ3) is 4.30. The monoisotopic (exact) mass is 357 g/mol. The van der Waals surface area contributed by atoms with Crippen LogP contribution >= 0.6 is 0 Å². The van der Waals surface area contributed by atoms with E-state index in [0.717, 1.165) is 16.8 Å². The number of benzene rings is 2. The summed E-state index contributed by atoms with van der Waals surface area (Å²) in [6, 6.07) is 17.3. The molecular formula is C21H19N5O. The van der Waals surface area contributed by atoms with E-state index in [2.05, 4.69) is 15.4 Å². The largest absolute Gasteiger partial charge is 0.333 e. The summed E-state index contributed by atoms with van der Waals surface area (Å²) in [5.41, 5.74) is 3.58. The lowest BCUT2D eigenvalue weighted by atomic mass is 10.1. The Kier molecular flexibility index (Phi) is 4.78. The first kappa shape index (κ1) is 16.8. The summed E-state index contributed by atoms with van der Waals surface area (Å²) in [5, 5.41) is 7.15. The first-order valence-corrected chi connectivity index (χ1v) is 8.69. The number of hydrogen-bond acceptors (Lipinski definition) is 3. The fourth-order valence-electron chi connectivity index (χ4n) is 2.88. The van der Waals surface area contributed by atoms with E-state index >= 15 is 0 Å². The molecule has 2 heterocycles. The highest BCUT2D eigenvalue weighted by Crippen LogP contribution is 2.14. The number of rotatable bonds is 6. The highest BCUT2D eigenvalue weighted by molar-refractivity contribution is 6.04. The Bertz CT molecular complexity index is 1010. The molecule has 4 aromatic rings. The normalized spacial score (nSPS) is 10.7. The highest BCUT2D eigenvalue weighted by atomic mass is 16.1. The quantitative estimate of drug-likeness (QED) is 0.575. The summed E-state index contributed by atoms with van der Waals surface area (Å²) in [5.74, 6) is -0.123. The van der Waals surface area contributed by atoms with Gasteiger partial charge in [-0.3, -0.25) is 9.48 Å². The Labute approximate surface area is 157 Å². The molecule has 0 spiro atoms. The average molecular weight is 357 g/mol. The number of carbonyl (C=O) groups is 1. The molecule has 1 N–H and O–H groups in total. The second kappa shape index (κ2) is 7.70. The number of carbonyl (C=O) groups excluding carboxylic acids is 1. The molecule has 0 bridgehead atoms. The minimum absolute atomic E-state index is 0.123. The summed E-state index contributed by atoms with van der Waals surface area (Å²) >= 11 is 0. The van der Waals surface area contributed by atoms with Crippen molar-refractivity contribution in [3.8, 4) is 0 Å². The molecule has 27 heavy (non-hydrogen) atoms. The molecule has 0 unspecified atom stereocenters. The smallest absolute Gasteiger partial charge is 0.255 e. The number of nitrogens with one attached hydrogen (secondary N) is 1. The van der Waals surface area contributed by atoms with Gasteiger partial charge in [-0.15, -0.1) is 0 Å². The SMILES string of the molecule is O=C(Nc1ccc(Cn2cccn2)cc1)c1cccc(Cn2ccnc2)c1. The topological polar surface area (TPSA) is 64.7 Å². The number of nitrogens with zero attached hydrogens (tertiary/aromatic N) is 4. The second-order valence-electron chi connectivity index (χ2n) is 6.29. The molecule has 0 atom stereocenters. The van der Waals surface area contributed by atoms with Crippen LogP contribution in [0.2, 0.25) is 0 Å². The van der Waals surface area contributed by atoms with Crippen LogP contribution in [0.15, 0.2) is 85.7 Å². The Hall–Kier alpha value is -3.67. The first-order chi connectivity index (χ1) is 13.3. The van der Waals surface area contributed by atoms with Crippen LogP contribution in [0, 0.1) is 0 Å². The summed E-state index contributed by atoms with van der Waals surface area (Å²) in [4.78, 5) is 16.6. The van der Waals surface area contributed by atoms with Crippen LogP contribution in [0.3, 0.4) is 0 Å². The third-order valence-electron chi connectivity index (χ3n) is 4.23. The zero-order valence-corrected chi connectivity index (χ0v) is 14.7. The van der Waals surface area contributed by atoms with Gasteiger partial charge in [0.25, 0.3) is 5.91 Å². The van der Waals surface area contributed by atoms with Crippen molar-refractivity contribution in [2.75, 3.05) is 5.32 Å². The molecule has 0 fully saturated rings. The van der Waals surface area contributed by atoms with Gasteiger partial charge in [0.05, 0.1) is 12.9 Å². The van der Waals surface area contributed by atoms with Crippen molar-refractivity contribution in [1.82, 2.24) is 19.3 Å². The molecule has 0 saturated heterocycles. The molecule has 134 valence electrons. The van der Waals surface area contributed by atoms with Gasteiger partial charge >= 0.3 is 0 Å². The summed E-state index contributed by atoms with van der Waals surface area (Å²) in [7, 11) is 0. The van der Waals surface area contributed by atoms with E-state index in [0.29, 0.717) is 18.7 Å². The molecule has 0 aliphatic heterocycles. The van der Waals surface area contributed by atoms with E-state index in [-0.39, 0.29) is 5.91 Å². The molecule has 0 saturated carbocycles. The van der Waals surface area contributed by atoms with Crippen LogP contribution in [0.1, 0.15) is 21.5 Å². The predicted octanol–water partition coefficient (Wildman–Crippen LogP) is 3.43. The van der Waals surface area contributed by atoms with E-state index in [1.54, 1.807) is 18.7 Å². The van der Waals surface area contributed by atoms with Crippen molar-refractivity contribution >= 4 is 11.6 Å². The Morgan fingerprint density at radius 1 is 0.926 bits per heavy atom. The van der Waals surface area contributed by atoms with Gasteiger partial charge in [-0.1, -0.05) is 24.3 Å². The van der Waals surface area contributed by atoms with Gasteiger partial charge in [-0.25, -0.2) is 4.98 Å². The van der Waals surface area contributed by atoms with Crippen LogP contribution in [-0.2, 0) is 13.1 Å². The minimum Gasteiger partial charge on any atom is -0.333 e. The summed E-state index contributed by atoms with van der Waals surface area (Å²) in [6.07, 6.45) is 9.09. The van der Waals surface area contributed by atoms with E-state index in [9.17, 15) is 4.79 Å². The van der Waals surface area contributed by atoms with Gasteiger partial charge < -0.3 is 9.88 Å². The van der Waals surface area contributed by atoms with Gasteiger partial charge in [-0.05, 0) is 41.5 Å². The van der Waals surface area contributed by atoms with Crippen molar-refractivity contribution in [3.05, 3.63) is 102 Å². The minimum atomic E-state index is -0.123. The number of anilines is 1. The maximum Gasteiger partial charge on any atom is 0.255 e. The third-order valence-corrected chi connectivity index (χ3v) is 4.23. The standard InChI is InChI=1S/C21H19N5O/c27-21(19-4-1-3-18(13-19)14-25-12-10-22-16-25)24-20-7-5-17(6-8-20)15-26-11-2-9-23-26/h1-13,16H,14-15H2,(H,24,27). The van der Waals surface area contributed by atoms with Crippen LogP contribution in [0.25, 0.3) is 0 Å². The number of hydrogen-bond donors (Lipinski definition) is 1. The van der Waals surface area contributed by atoms with E-state index < -0.39 is 0 Å². The Balaban J connectivity index is 1.41. The number of amides is 1. The molecular weight excluding hydrogens is 338 g/mol. The molecule has 0 aliphatic carbocycles. The van der Waals surface area contributed by atoms with E-state index in [1.165, 1.54) is 0 Å². The lowest BCUT2D eigenvalue weighted by Crippen LogP contribution is -2.12. The number of aromatic nitrogens is 4. The first-order valence-electron chi connectivity index (χ1n) is 8.69. The lowest BCUT2D eigenvalue weighted by Gasteiger charge is -2.09. The highest BCUT2D eigenvalue weighted by Gasteiger charge is 2.07. The fraction of sp³-hybridized carbons (Fsp3) is 0.0952.